The average molecular weight is 251 g/mol. The van der Waals surface area contributed by atoms with E-state index in [2.05, 4.69) is 26.2 Å². The molecule has 3 unspecified atom stereocenters. The molecule has 0 aliphatic heterocycles. The normalized spacial score (nSPS) is 33.5. The van der Waals surface area contributed by atoms with E-state index in [4.69, 9.17) is 0 Å². The predicted octanol–water partition coefficient (Wildman–Crippen LogP) is 4.76. The Kier molecular flexibility index (Phi) is 5.12. The first-order valence-corrected chi connectivity index (χ1v) is 8.44. The van der Waals surface area contributed by atoms with E-state index in [1.165, 1.54) is 64.2 Å². The molecule has 18 heavy (non-hydrogen) atoms. The summed E-state index contributed by atoms with van der Waals surface area (Å²) in [4.78, 5) is 0. The molecule has 1 heteroatoms. The highest BCUT2D eigenvalue weighted by atomic mass is 14.9. The van der Waals surface area contributed by atoms with Gasteiger partial charge in [0, 0.05) is 6.04 Å². The fourth-order valence-electron chi connectivity index (χ4n) is 5.12. The molecule has 1 nitrogen and oxygen atoms in total. The summed E-state index contributed by atoms with van der Waals surface area (Å²) < 4.78 is 0. The minimum absolute atomic E-state index is 0.629. The summed E-state index contributed by atoms with van der Waals surface area (Å²) in [5, 5.41) is 3.77. The van der Waals surface area contributed by atoms with Crippen LogP contribution in [0.15, 0.2) is 0 Å². The molecular formula is C17H33N. The molecule has 0 heterocycles. The van der Waals surface area contributed by atoms with Crippen LogP contribution in [0.1, 0.15) is 78.1 Å². The van der Waals surface area contributed by atoms with Gasteiger partial charge in [0.15, 0.2) is 0 Å². The summed E-state index contributed by atoms with van der Waals surface area (Å²) in [6, 6.07) is 0.787. The highest BCUT2D eigenvalue weighted by molar-refractivity contribution is 4.98. The van der Waals surface area contributed by atoms with Crippen molar-refractivity contribution >= 4 is 0 Å². The molecule has 0 saturated heterocycles. The van der Waals surface area contributed by atoms with Crippen molar-refractivity contribution in [1.29, 1.82) is 0 Å². The van der Waals surface area contributed by atoms with E-state index in [0.29, 0.717) is 5.41 Å². The molecular weight excluding hydrogens is 218 g/mol. The average Bonchev–Trinajstić information content (AvgIpc) is 2.90. The lowest BCUT2D eigenvalue weighted by Crippen LogP contribution is -2.50. The molecule has 0 aromatic rings. The molecule has 2 fully saturated rings. The molecule has 0 amide bonds. The maximum absolute atomic E-state index is 3.77. The Hall–Kier alpha value is -0.0400. The number of hydrogen-bond acceptors (Lipinski definition) is 1. The molecule has 106 valence electrons. The van der Waals surface area contributed by atoms with E-state index in [-0.39, 0.29) is 0 Å². The fraction of sp³-hybridized carbons (Fsp3) is 1.00. The predicted molar refractivity (Wildman–Crippen MR) is 79.8 cm³/mol. The molecule has 3 atom stereocenters. The van der Waals surface area contributed by atoms with Crippen LogP contribution < -0.4 is 5.32 Å². The van der Waals surface area contributed by atoms with Gasteiger partial charge in [0.2, 0.25) is 0 Å². The quantitative estimate of drug-likeness (QED) is 0.743. The van der Waals surface area contributed by atoms with E-state index in [1.54, 1.807) is 0 Å². The SMILES string of the molecule is CCC1CCCCC1C(NC)C1(CC)CCCC1. The van der Waals surface area contributed by atoms with E-state index in [0.717, 1.165) is 17.9 Å². The molecule has 0 aromatic carbocycles. The maximum atomic E-state index is 3.77. The lowest BCUT2D eigenvalue weighted by atomic mass is 9.64. The molecule has 1 N–H and O–H groups in total. The van der Waals surface area contributed by atoms with Crippen molar-refractivity contribution in [1.82, 2.24) is 5.32 Å². The summed E-state index contributed by atoms with van der Waals surface area (Å²) in [6.45, 7) is 4.84. The minimum atomic E-state index is 0.629. The van der Waals surface area contributed by atoms with Gasteiger partial charge in [-0.05, 0) is 50.0 Å². The fourth-order valence-corrected chi connectivity index (χ4v) is 5.12. The van der Waals surface area contributed by atoms with Crippen molar-refractivity contribution in [3.63, 3.8) is 0 Å². The van der Waals surface area contributed by atoms with Crippen LogP contribution in [-0.2, 0) is 0 Å². The second kappa shape index (κ2) is 6.41. The summed E-state index contributed by atoms with van der Waals surface area (Å²) in [5.74, 6) is 1.94. The van der Waals surface area contributed by atoms with Crippen molar-refractivity contribution in [3.05, 3.63) is 0 Å². The first kappa shape index (κ1) is 14.4. The summed E-state index contributed by atoms with van der Waals surface area (Å²) in [7, 11) is 2.22. The Morgan fingerprint density at radius 1 is 1.06 bits per heavy atom. The lowest BCUT2D eigenvalue weighted by Gasteiger charge is -2.46. The second-order valence-corrected chi connectivity index (χ2v) is 6.81. The Balaban J connectivity index is 2.15. The number of hydrogen-bond donors (Lipinski definition) is 1. The smallest absolute Gasteiger partial charge is 0.0151 e. The Bertz CT molecular complexity index is 242. The van der Waals surface area contributed by atoms with Crippen molar-refractivity contribution in [2.45, 2.75) is 84.1 Å². The van der Waals surface area contributed by atoms with Gasteiger partial charge in [0.25, 0.3) is 0 Å². The minimum Gasteiger partial charge on any atom is -0.316 e. The monoisotopic (exact) mass is 251 g/mol. The summed E-state index contributed by atoms with van der Waals surface area (Å²) >= 11 is 0. The van der Waals surface area contributed by atoms with Crippen LogP contribution in [-0.4, -0.2) is 13.1 Å². The molecule has 2 saturated carbocycles. The Morgan fingerprint density at radius 2 is 1.72 bits per heavy atom. The third-order valence-corrected chi connectivity index (χ3v) is 6.19. The topological polar surface area (TPSA) is 12.0 Å². The van der Waals surface area contributed by atoms with Crippen molar-refractivity contribution in [3.8, 4) is 0 Å². The Labute approximate surface area is 114 Å². The van der Waals surface area contributed by atoms with Gasteiger partial charge < -0.3 is 5.32 Å². The van der Waals surface area contributed by atoms with Gasteiger partial charge in [-0.3, -0.25) is 0 Å². The molecule has 0 radical (unpaired) electrons. The van der Waals surface area contributed by atoms with Crippen molar-refractivity contribution in [2.75, 3.05) is 7.05 Å². The van der Waals surface area contributed by atoms with Gasteiger partial charge in [-0.25, -0.2) is 0 Å². The number of nitrogens with one attached hydrogen (secondary N) is 1. The molecule has 0 bridgehead atoms. The van der Waals surface area contributed by atoms with Crippen LogP contribution in [0.4, 0.5) is 0 Å². The molecule has 2 aliphatic carbocycles. The lowest BCUT2D eigenvalue weighted by molar-refractivity contribution is 0.0762. The first-order valence-electron chi connectivity index (χ1n) is 8.44. The standard InChI is InChI=1S/C17H33N/c1-4-14-10-6-7-11-15(14)16(18-3)17(5-2)12-8-9-13-17/h14-16,18H,4-13H2,1-3H3. The van der Waals surface area contributed by atoms with Gasteiger partial charge >= 0.3 is 0 Å². The van der Waals surface area contributed by atoms with Gasteiger partial charge in [-0.15, -0.1) is 0 Å². The largest absolute Gasteiger partial charge is 0.316 e. The summed E-state index contributed by atoms with van der Waals surface area (Å²) in [5.41, 5.74) is 0.629. The third-order valence-electron chi connectivity index (χ3n) is 6.19. The molecule has 2 rings (SSSR count). The van der Waals surface area contributed by atoms with Crippen LogP contribution >= 0.6 is 0 Å². The zero-order valence-electron chi connectivity index (χ0n) is 12.8. The van der Waals surface area contributed by atoms with Gasteiger partial charge in [0.05, 0.1) is 0 Å². The third kappa shape index (κ3) is 2.61. The van der Waals surface area contributed by atoms with E-state index < -0.39 is 0 Å². The van der Waals surface area contributed by atoms with E-state index >= 15 is 0 Å². The highest BCUT2D eigenvalue weighted by Crippen LogP contribution is 2.49. The maximum Gasteiger partial charge on any atom is 0.0151 e. The van der Waals surface area contributed by atoms with Crippen LogP contribution in [0.5, 0.6) is 0 Å². The highest BCUT2D eigenvalue weighted by Gasteiger charge is 2.44. The van der Waals surface area contributed by atoms with Gasteiger partial charge in [-0.2, -0.15) is 0 Å². The zero-order chi connectivity index (χ0) is 13.0. The van der Waals surface area contributed by atoms with Gasteiger partial charge in [-0.1, -0.05) is 52.4 Å². The van der Waals surface area contributed by atoms with Crippen molar-refractivity contribution in [2.24, 2.45) is 17.3 Å². The first-order chi connectivity index (χ1) is 8.77. The van der Waals surface area contributed by atoms with E-state index in [1.807, 2.05) is 0 Å². The van der Waals surface area contributed by atoms with Crippen LogP contribution in [0.25, 0.3) is 0 Å². The molecule has 2 aliphatic rings. The molecule has 0 aromatic heterocycles. The number of rotatable bonds is 5. The zero-order valence-corrected chi connectivity index (χ0v) is 12.8. The summed E-state index contributed by atoms with van der Waals surface area (Å²) in [6.07, 6.45) is 14.6. The van der Waals surface area contributed by atoms with Crippen LogP contribution in [0.2, 0.25) is 0 Å². The van der Waals surface area contributed by atoms with Crippen LogP contribution in [0, 0.1) is 17.3 Å². The van der Waals surface area contributed by atoms with Gasteiger partial charge in [0.1, 0.15) is 0 Å². The van der Waals surface area contributed by atoms with E-state index in [9.17, 15) is 0 Å². The molecule has 0 spiro atoms. The Morgan fingerprint density at radius 3 is 2.28 bits per heavy atom. The van der Waals surface area contributed by atoms with Crippen LogP contribution in [0.3, 0.4) is 0 Å². The van der Waals surface area contributed by atoms with Crippen molar-refractivity contribution < 1.29 is 0 Å². The second-order valence-electron chi connectivity index (χ2n) is 6.81.